The quantitative estimate of drug-likeness (QED) is 0.232. The molecule has 0 aromatic heterocycles. The van der Waals surface area contributed by atoms with Gasteiger partial charge in [-0.1, -0.05) is 97.1 Å². The molecular formula is C32H32FO6P. The maximum absolute atomic E-state index is 14.4. The van der Waals surface area contributed by atoms with Crippen LogP contribution in [0.15, 0.2) is 115 Å². The summed E-state index contributed by atoms with van der Waals surface area (Å²) in [5.41, 5.74) is 2.76. The van der Waals surface area contributed by atoms with Gasteiger partial charge in [-0.05, 0) is 34.9 Å². The highest BCUT2D eigenvalue weighted by Gasteiger charge is 2.54. The monoisotopic (exact) mass is 562 g/mol. The van der Waals surface area contributed by atoms with E-state index < -0.39 is 37.3 Å². The van der Waals surface area contributed by atoms with Crippen molar-refractivity contribution in [1.29, 1.82) is 0 Å². The molecule has 208 valence electrons. The van der Waals surface area contributed by atoms with Gasteiger partial charge in [0, 0.05) is 5.30 Å². The number of rotatable bonds is 11. The van der Waals surface area contributed by atoms with Gasteiger partial charge in [0.25, 0.3) is 7.37 Å². The SMILES string of the molecule is O=[P@@]1(c2cccc(F)c2)O[C@H](COCc2ccccc2)[C@@H](OCc2ccccc2)[C@H](OCc2ccccc2)[C@@H]1O. The Morgan fingerprint density at radius 2 is 1.23 bits per heavy atom. The second-order valence-electron chi connectivity index (χ2n) is 9.66. The van der Waals surface area contributed by atoms with E-state index in [4.69, 9.17) is 18.7 Å². The van der Waals surface area contributed by atoms with Crippen LogP contribution in [0.5, 0.6) is 0 Å². The van der Waals surface area contributed by atoms with Crippen LogP contribution in [-0.4, -0.2) is 35.9 Å². The summed E-state index contributed by atoms with van der Waals surface area (Å²) in [6.45, 7) is 0.681. The van der Waals surface area contributed by atoms with Crippen LogP contribution >= 0.6 is 7.37 Å². The summed E-state index contributed by atoms with van der Waals surface area (Å²) in [6.07, 6.45) is -2.74. The molecule has 1 N–H and O–H groups in total. The Labute approximate surface area is 233 Å². The number of halogens is 1. The van der Waals surface area contributed by atoms with Crippen molar-refractivity contribution in [2.45, 2.75) is 44.0 Å². The molecule has 4 aromatic rings. The molecule has 1 saturated heterocycles. The fourth-order valence-electron chi connectivity index (χ4n) is 4.69. The minimum atomic E-state index is -4.03. The molecule has 8 heteroatoms. The van der Waals surface area contributed by atoms with Gasteiger partial charge < -0.3 is 23.8 Å². The third-order valence-corrected chi connectivity index (χ3v) is 9.33. The summed E-state index contributed by atoms with van der Waals surface area (Å²) < 4.78 is 53.3. The highest BCUT2D eigenvalue weighted by atomic mass is 31.2. The van der Waals surface area contributed by atoms with Gasteiger partial charge in [-0.15, -0.1) is 0 Å². The first-order valence-electron chi connectivity index (χ1n) is 13.2. The lowest BCUT2D eigenvalue weighted by Crippen LogP contribution is -2.55. The molecule has 40 heavy (non-hydrogen) atoms. The number of aliphatic hydroxyl groups excluding tert-OH is 1. The predicted octanol–water partition coefficient (Wildman–Crippen LogP) is 5.83. The van der Waals surface area contributed by atoms with E-state index in [0.29, 0.717) is 6.61 Å². The molecule has 0 amide bonds. The highest BCUT2D eigenvalue weighted by molar-refractivity contribution is 7.67. The van der Waals surface area contributed by atoms with Gasteiger partial charge in [0.1, 0.15) is 24.1 Å². The zero-order valence-corrected chi connectivity index (χ0v) is 22.8. The van der Waals surface area contributed by atoms with Crippen molar-refractivity contribution in [3.05, 3.63) is 138 Å². The molecule has 1 aliphatic heterocycles. The van der Waals surface area contributed by atoms with Crippen LogP contribution in [-0.2, 0) is 43.1 Å². The maximum atomic E-state index is 14.4. The first-order chi connectivity index (χ1) is 19.5. The lowest BCUT2D eigenvalue weighted by atomic mass is 10.1. The standard InChI is InChI=1S/C32H32FO6P/c33-27-17-10-18-28(19-27)40(35)32(34)31(38-22-26-15-8-3-9-16-26)30(37-21-25-13-6-2-7-14-25)29(39-40)23-36-20-24-11-4-1-5-12-24/h1-19,29-32,34H,20-23H2/t29-,30-,31+,32-,40+/m1/s1. The average molecular weight is 563 g/mol. The molecule has 0 spiro atoms. The van der Waals surface area contributed by atoms with Crippen LogP contribution in [0.4, 0.5) is 4.39 Å². The third kappa shape index (κ3) is 6.94. The summed E-state index contributed by atoms with van der Waals surface area (Å²) in [6, 6.07) is 34.0. The topological polar surface area (TPSA) is 74.2 Å². The summed E-state index contributed by atoms with van der Waals surface area (Å²) >= 11 is 0. The van der Waals surface area contributed by atoms with Crippen LogP contribution < -0.4 is 5.30 Å². The Hall–Kier alpha value is -3.16. The zero-order valence-electron chi connectivity index (χ0n) is 21.9. The van der Waals surface area contributed by atoms with Crippen molar-refractivity contribution in [2.75, 3.05) is 6.61 Å². The minimum Gasteiger partial charge on any atom is -0.380 e. The molecule has 0 saturated carbocycles. The first kappa shape index (κ1) is 28.4. The van der Waals surface area contributed by atoms with E-state index in [2.05, 4.69) is 0 Å². The Morgan fingerprint density at radius 3 is 1.77 bits per heavy atom. The van der Waals surface area contributed by atoms with Gasteiger partial charge in [-0.25, -0.2) is 4.39 Å². The molecule has 0 bridgehead atoms. The fourth-order valence-corrected chi connectivity index (χ4v) is 7.07. The molecule has 5 atom stereocenters. The Kier molecular flexibility index (Phi) is 9.55. The lowest BCUT2D eigenvalue weighted by molar-refractivity contribution is -0.174. The number of hydrogen-bond acceptors (Lipinski definition) is 6. The van der Waals surface area contributed by atoms with Crippen molar-refractivity contribution in [1.82, 2.24) is 0 Å². The number of benzene rings is 4. The van der Waals surface area contributed by atoms with Gasteiger partial charge in [-0.2, -0.15) is 0 Å². The first-order valence-corrected chi connectivity index (χ1v) is 14.9. The maximum Gasteiger partial charge on any atom is 0.263 e. The van der Waals surface area contributed by atoms with Crippen LogP contribution in [0, 0.1) is 5.82 Å². The van der Waals surface area contributed by atoms with Gasteiger partial charge in [0.15, 0.2) is 5.85 Å². The largest absolute Gasteiger partial charge is 0.380 e. The molecule has 1 fully saturated rings. The van der Waals surface area contributed by atoms with E-state index in [9.17, 15) is 14.1 Å². The van der Waals surface area contributed by atoms with Crippen LogP contribution in [0.1, 0.15) is 16.7 Å². The van der Waals surface area contributed by atoms with Gasteiger partial charge in [0.05, 0.1) is 26.4 Å². The van der Waals surface area contributed by atoms with Crippen molar-refractivity contribution < 1.29 is 32.8 Å². The van der Waals surface area contributed by atoms with Gasteiger partial charge >= 0.3 is 0 Å². The number of hydrogen-bond donors (Lipinski definition) is 1. The molecule has 6 nitrogen and oxygen atoms in total. The normalized spacial score (nSPS) is 24.6. The zero-order chi connectivity index (χ0) is 27.8. The molecular weight excluding hydrogens is 530 g/mol. The van der Waals surface area contributed by atoms with Crippen molar-refractivity contribution >= 4 is 12.7 Å². The molecule has 1 heterocycles. The summed E-state index contributed by atoms with van der Waals surface area (Å²) in [4.78, 5) is 0. The second-order valence-corrected chi connectivity index (χ2v) is 12.1. The minimum absolute atomic E-state index is 0.0194. The molecule has 5 rings (SSSR count). The Morgan fingerprint density at radius 1 is 0.700 bits per heavy atom. The summed E-state index contributed by atoms with van der Waals surface area (Å²) in [5.74, 6) is -2.17. The van der Waals surface area contributed by atoms with E-state index in [1.807, 2.05) is 91.0 Å². The lowest BCUT2D eigenvalue weighted by Gasteiger charge is -2.44. The predicted molar refractivity (Wildman–Crippen MR) is 151 cm³/mol. The smallest absolute Gasteiger partial charge is 0.263 e. The second kappa shape index (κ2) is 13.5. The Bertz CT molecular complexity index is 1390. The van der Waals surface area contributed by atoms with E-state index in [1.54, 1.807) is 0 Å². The Balaban J connectivity index is 1.45. The van der Waals surface area contributed by atoms with Crippen molar-refractivity contribution in [3.8, 4) is 0 Å². The third-order valence-electron chi connectivity index (χ3n) is 6.76. The van der Waals surface area contributed by atoms with Crippen LogP contribution in [0.3, 0.4) is 0 Å². The summed E-state index contributed by atoms with van der Waals surface area (Å²) in [7, 11) is -4.03. The highest BCUT2D eigenvalue weighted by Crippen LogP contribution is 2.57. The molecule has 4 aromatic carbocycles. The van der Waals surface area contributed by atoms with Gasteiger partial charge in [0.2, 0.25) is 0 Å². The van der Waals surface area contributed by atoms with E-state index in [1.165, 1.54) is 18.2 Å². The number of aliphatic hydroxyl groups is 1. The van der Waals surface area contributed by atoms with Crippen LogP contribution in [0.2, 0.25) is 0 Å². The van der Waals surface area contributed by atoms with E-state index in [-0.39, 0.29) is 25.1 Å². The van der Waals surface area contributed by atoms with Gasteiger partial charge in [-0.3, -0.25) is 4.57 Å². The average Bonchev–Trinajstić information content (AvgIpc) is 2.99. The fraction of sp³-hybridized carbons (Fsp3) is 0.250. The van der Waals surface area contributed by atoms with Crippen molar-refractivity contribution in [3.63, 3.8) is 0 Å². The molecule has 0 aliphatic carbocycles. The number of ether oxygens (including phenoxy) is 3. The van der Waals surface area contributed by atoms with Crippen LogP contribution in [0.25, 0.3) is 0 Å². The van der Waals surface area contributed by atoms with Crippen molar-refractivity contribution in [2.24, 2.45) is 0 Å². The van der Waals surface area contributed by atoms with E-state index in [0.717, 1.165) is 22.8 Å². The molecule has 1 aliphatic rings. The molecule has 0 radical (unpaired) electrons. The molecule has 0 unspecified atom stereocenters. The van der Waals surface area contributed by atoms with E-state index >= 15 is 0 Å². The summed E-state index contributed by atoms with van der Waals surface area (Å²) in [5, 5.41) is 11.6.